The van der Waals surface area contributed by atoms with Crippen LogP contribution in [0.2, 0.25) is 0 Å². The van der Waals surface area contributed by atoms with Crippen LogP contribution >= 0.6 is 12.2 Å². The summed E-state index contributed by atoms with van der Waals surface area (Å²) in [6.07, 6.45) is 2.54. The Morgan fingerprint density at radius 2 is 2.18 bits per heavy atom. The molecular weight excluding hydrogens is 304 g/mol. The fraction of sp³-hybridized carbons (Fsp3) is 0.643. The molecule has 0 spiro atoms. The fourth-order valence-electron chi connectivity index (χ4n) is 4.28. The highest BCUT2D eigenvalue weighted by Crippen LogP contribution is 2.49. The second kappa shape index (κ2) is 3.87. The molecule has 22 heavy (non-hydrogen) atoms. The molecule has 2 aliphatic heterocycles. The third kappa shape index (κ3) is 1.50. The summed E-state index contributed by atoms with van der Waals surface area (Å²) >= 11 is 5.25. The molecule has 2 bridgehead atoms. The van der Waals surface area contributed by atoms with E-state index in [0.29, 0.717) is 16.1 Å². The molecular formula is C14H16N4O3S. The minimum Gasteiger partial charge on any atom is -0.344 e. The highest BCUT2D eigenvalue weighted by atomic mass is 32.1. The molecule has 1 saturated carbocycles. The first-order valence-corrected chi connectivity index (χ1v) is 7.91. The molecule has 1 N–H and O–H groups in total. The summed E-state index contributed by atoms with van der Waals surface area (Å²) in [7, 11) is 0. The average Bonchev–Trinajstić information content (AvgIpc) is 3.01. The fourth-order valence-corrected chi connectivity index (χ4v) is 4.51. The van der Waals surface area contributed by atoms with Gasteiger partial charge in [0.15, 0.2) is 5.79 Å². The van der Waals surface area contributed by atoms with E-state index in [1.54, 1.807) is 10.9 Å². The Morgan fingerprint density at radius 3 is 3.00 bits per heavy atom. The van der Waals surface area contributed by atoms with Gasteiger partial charge in [0.1, 0.15) is 21.9 Å². The number of fused-ring (bicyclic) bond motifs is 6. The van der Waals surface area contributed by atoms with Crippen molar-refractivity contribution < 1.29 is 9.47 Å². The average molecular weight is 320 g/mol. The van der Waals surface area contributed by atoms with Crippen molar-refractivity contribution in [3.63, 3.8) is 0 Å². The molecule has 2 aromatic heterocycles. The first kappa shape index (κ1) is 13.0. The van der Waals surface area contributed by atoms with Gasteiger partial charge in [0.25, 0.3) is 0 Å². The molecule has 1 aliphatic carbocycles. The third-order valence-corrected chi connectivity index (χ3v) is 5.30. The van der Waals surface area contributed by atoms with Gasteiger partial charge < -0.3 is 14.0 Å². The zero-order valence-corrected chi connectivity index (χ0v) is 13.1. The van der Waals surface area contributed by atoms with Crippen LogP contribution in [0.1, 0.15) is 26.3 Å². The van der Waals surface area contributed by atoms with Crippen LogP contribution in [-0.4, -0.2) is 37.1 Å². The van der Waals surface area contributed by atoms with Crippen LogP contribution < -0.4 is 5.69 Å². The number of imidazole rings is 1. The SMILES string of the molecule is CC1(C)OC2C(O1)[C@H]1C[C@@H]2Cn2cnc3c(=S)[nH]c(=O)n1c32. The Labute approximate surface area is 130 Å². The second-order valence-electron chi connectivity index (χ2n) is 6.83. The molecule has 0 aromatic carbocycles. The Bertz CT molecular complexity index is 911. The van der Waals surface area contributed by atoms with Crippen molar-refractivity contribution >= 4 is 23.4 Å². The van der Waals surface area contributed by atoms with Gasteiger partial charge in [-0.15, -0.1) is 0 Å². The molecule has 5 rings (SSSR count). The van der Waals surface area contributed by atoms with Gasteiger partial charge in [-0.05, 0) is 20.3 Å². The van der Waals surface area contributed by atoms with E-state index in [1.807, 2.05) is 18.4 Å². The molecule has 4 atom stereocenters. The van der Waals surface area contributed by atoms with E-state index in [-0.39, 0.29) is 23.9 Å². The standard InChI is InChI=1S/C14H16N4O3S/c1-14(2)20-9-6-3-7(10(9)21-14)18-12-8(11(22)16-13(18)19)15-5-17(12)4-6/h5-7,9-10H,3-4H2,1-2H3,(H,16,19,22)/t6-,7-,9?,10?/m1/s1. The lowest BCUT2D eigenvalue weighted by atomic mass is 10.1. The lowest BCUT2D eigenvalue weighted by Crippen LogP contribution is -2.36. The van der Waals surface area contributed by atoms with Crippen molar-refractivity contribution in [1.29, 1.82) is 0 Å². The smallest absolute Gasteiger partial charge is 0.328 e. The third-order valence-electron chi connectivity index (χ3n) is 5.01. The van der Waals surface area contributed by atoms with Gasteiger partial charge in [-0.25, -0.2) is 9.78 Å². The van der Waals surface area contributed by atoms with E-state index >= 15 is 0 Å². The molecule has 116 valence electrons. The summed E-state index contributed by atoms with van der Waals surface area (Å²) < 4.78 is 16.4. The van der Waals surface area contributed by atoms with Crippen molar-refractivity contribution in [2.24, 2.45) is 5.92 Å². The molecule has 2 fully saturated rings. The maximum atomic E-state index is 12.6. The van der Waals surface area contributed by atoms with Crippen LogP contribution in [-0.2, 0) is 16.0 Å². The quantitative estimate of drug-likeness (QED) is 0.742. The van der Waals surface area contributed by atoms with Crippen LogP contribution in [0.25, 0.3) is 11.2 Å². The zero-order valence-electron chi connectivity index (χ0n) is 12.3. The number of ether oxygens (including phenoxy) is 2. The summed E-state index contributed by atoms with van der Waals surface area (Å²) in [4.78, 5) is 19.7. The van der Waals surface area contributed by atoms with Gasteiger partial charge in [0.2, 0.25) is 0 Å². The topological polar surface area (TPSA) is 74.1 Å². The molecule has 7 nitrogen and oxygen atoms in total. The number of hydrogen-bond acceptors (Lipinski definition) is 5. The van der Waals surface area contributed by atoms with Crippen molar-refractivity contribution in [2.75, 3.05) is 0 Å². The summed E-state index contributed by atoms with van der Waals surface area (Å²) in [5.74, 6) is -0.296. The Balaban J connectivity index is 1.80. The predicted octanol–water partition coefficient (Wildman–Crippen LogP) is 1.35. The van der Waals surface area contributed by atoms with Crippen LogP contribution in [0.15, 0.2) is 11.1 Å². The highest BCUT2D eigenvalue weighted by Gasteiger charge is 2.56. The predicted molar refractivity (Wildman–Crippen MR) is 80.1 cm³/mol. The van der Waals surface area contributed by atoms with Crippen molar-refractivity contribution in [1.82, 2.24) is 19.1 Å². The molecule has 0 radical (unpaired) electrons. The summed E-state index contributed by atoms with van der Waals surface area (Å²) in [5.41, 5.74) is 1.28. The Kier molecular flexibility index (Phi) is 2.28. The number of nitrogens with zero attached hydrogens (tertiary/aromatic N) is 3. The van der Waals surface area contributed by atoms with Crippen molar-refractivity contribution in [2.45, 2.75) is 50.8 Å². The minimum absolute atomic E-state index is 0.0145. The van der Waals surface area contributed by atoms with E-state index in [4.69, 9.17) is 21.7 Å². The van der Waals surface area contributed by atoms with Crippen molar-refractivity contribution in [3.05, 3.63) is 21.5 Å². The highest BCUT2D eigenvalue weighted by molar-refractivity contribution is 7.71. The van der Waals surface area contributed by atoms with Crippen LogP contribution in [0.5, 0.6) is 0 Å². The summed E-state index contributed by atoms with van der Waals surface area (Å²) in [6, 6.07) is -0.0448. The van der Waals surface area contributed by atoms with Crippen LogP contribution in [0.3, 0.4) is 0 Å². The molecule has 2 aromatic rings. The molecule has 2 unspecified atom stereocenters. The van der Waals surface area contributed by atoms with E-state index in [0.717, 1.165) is 18.6 Å². The minimum atomic E-state index is -0.603. The number of aromatic amines is 1. The maximum Gasteiger partial charge on any atom is 0.328 e. The number of aromatic nitrogens is 4. The summed E-state index contributed by atoms with van der Waals surface area (Å²) in [6.45, 7) is 4.62. The lowest BCUT2D eigenvalue weighted by molar-refractivity contribution is -0.160. The van der Waals surface area contributed by atoms with Gasteiger partial charge in [-0.2, -0.15) is 0 Å². The summed E-state index contributed by atoms with van der Waals surface area (Å²) in [5, 5.41) is 0. The normalized spacial score (nSPS) is 34.8. The first-order chi connectivity index (χ1) is 10.4. The van der Waals surface area contributed by atoms with E-state index < -0.39 is 5.79 Å². The Morgan fingerprint density at radius 1 is 1.41 bits per heavy atom. The number of hydrogen-bond donors (Lipinski definition) is 1. The van der Waals surface area contributed by atoms with Crippen LogP contribution in [0.4, 0.5) is 0 Å². The van der Waals surface area contributed by atoms with Gasteiger partial charge >= 0.3 is 5.69 Å². The van der Waals surface area contributed by atoms with Gasteiger partial charge in [-0.1, -0.05) is 12.2 Å². The molecule has 1 saturated heterocycles. The lowest BCUT2D eigenvalue weighted by Gasteiger charge is -2.23. The second-order valence-corrected chi connectivity index (χ2v) is 7.23. The molecule has 0 amide bonds. The zero-order chi connectivity index (χ0) is 15.2. The first-order valence-electron chi connectivity index (χ1n) is 7.50. The number of nitrogens with one attached hydrogen (secondary N) is 1. The molecule has 3 aliphatic rings. The van der Waals surface area contributed by atoms with Gasteiger partial charge in [-0.3, -0.25) is 9.55 Å². The monoisotopic (exact) mass is 320 g/mol. The van der Waals surface area contributed by atoms with Gasteiger partial charge in [0.05, 0.1) is 18.5 Å². The number of rotatable bonds is 0. The van der Waals surface area contributed by atoms with Crippen LogP contribution in [0, 0.1) is 10.6 Å². The van der Waals surface area contributed by atoms with E-state index in [2.05, 4.69) is 9.97 Å². The molecule has 4 heterocycles. The van der Waals surface area contributed by atoms with E-state index in [1.165, 1.54) is 0 Å². The maximum absolute atomic E-state index is 12.6. The largest absolute Gasteiger partial charge is 0.344 e. The van der Waals surface area contributed by atoms with Gasteiger partial charge in [0, 0.05) is 12.5 Å². The Hall–Kier alpha value is -1.51. The molecule has 8 heteroatoms. The number of H-pyrrole nitrogens is 1. The van der Waals surface area contributed by atoms with Crippen molar-refractivity contribution in [3.8, 4) is 0 Å². The van der Waals surface area contributed by atoms with E-state index in [9.17, 15) is 4.79 Å².